The van der Waals surface area contributed by atoms with Crippen molar-refractivity contribution in [2.75, 3.05) is 6.54 Å². The van der Waals surface area contributed by atoms with Gasteiger partial charge >= 0.3 is 0 Å². The molecule has 1 aromatic heterocycles. The highest BCUT2D eigenvalue weighted by Gasteiger charge is 2.26. The van der Waals surface area contributed by atoms with Crippen LogP contribution in [0.25, 0.3) is 0 Å². The van der Waals surface area contributed by atoms with Gasteiger partial charge in [0.25, 0.3) is 0 Å². The molecule has 0 fully saturated rings. The Hall–Kier alpha value is -0.900. The second kappa shape index (κ2) is 5.61. The molecule has 0 aromatic carbocycles. The van der Waals surface area contributed by atoms with Crippen molar-refractivity contribution in [1.82, 2.24) is 5.32 Å². The monoisotopic (exact) mass is 280 g/mol. The zero-order valence-corrected chi connectivity index (χ0v) is 13.3. The van der Waals surface area contributed by atoms with Crippen LogP contribution in [0.2, 0.25) is 0 Å². The number of hydrogen-bond donors (Lipinski definition) is 1. The van der Waals surface area contributed by atoms with Gasteiger partial charge in [0.05, 0.1) is 12.6 Å². The van der Waals surface area contributed by atoms with Crippen LogP contribution in [-0.2, 0) is 0 Å². The molecule has 1 aromatic rings. The maximum Gasteiger partial charge on any atom is 0.157 e. The maximum absolute atomic E-state index is 5.64. The lowest BCUT2D eigenvalue weighted by Crippen LogP contribution is -2.23. The van der Waals surface area contributed by atoms with Gasteiger partial charge in [0.2, 0.25) is 0 Å². The number of aryl methyl sites for hydroxylation is 1. The van der Waals surface area contributed by atoms with Crippen LogP contribution >= 0.6 is 11.8 Å². The quantitative estimate of drug-likeness (QED) is 0.904. The van der Waals surface area contributed by atoms with Gasteiger partial charge in [-0.3, -0.25) is 4.99 Å². The molecule has 0 bridgehead atoms. The van der Waals surface area contributed by atoms with E-state index in [1.807, 2.05) is 30.8 Å². The summed E-state index contributed by atoms with van der Waals surface area (Å²) in [5.74, 6) is 1.93. The largest absolute Gasteiger partial charge is 0.464 e. The third-order valence-corrected chi connectivity index (χ3v) is 4.20. The molecule has 19 heavy (non-hydrogen) atoms. The fourth-order valence-electron chi connectivity index (χ4n) is 2.23. The molecule has 2 unspecified atom stereocenters. The van der Waals surface area contributed by atoms with Crippen LogP contribution in [0.4, 0.5) is 0 Å². The summed E-state index contributed by atoms with van der Waals surface area (Å²) in [6.07, 6.45) is 1.20. The number of rotatable bonds is 3. The molecule has 2 atom stereocenters. The van der Waals surface area contributed by atoms with E-state index in [1.165, 1.54) is 6.42 Å². The predicted molar refractivity (Wildman–Crippen MR) is 82.7 cm³/mol. The topological polar surface area (TPSA) is 37.5 Å². The first-order valence-corrected chi connectivity index (χ1v) is 7.75. The second-order valence-electron chi connectivity index (χ2n) is 6.46. The zero-order valence-electron chi connectivity index (χ0n) is 12.5. The van der Waals surface area contributed by atoms with E-state index in [2.05, 4.69) is 38.0 Å². The lowest BCUT2D eigenvalue weighted by Gasteiger charge is -2.21. The smallest absolute Gasteiger partial charge is 0.157 e. The summed E-state index contributed by atoms with van der Waals surface area (Å²) >= 11 is 1.86. The van der Waals surface area contributed by atoms with Gasteiger partial charge in [-0.1, -0.05) is 32.5 Å². The number of nitrogens with zero attached hydrogens (tertiary/aromatic N) is 1. The van der Waals surface area contributed by atoms with Crippen molar-refractivity contribution in [3.63, 3.8) is 0 Å². The van der Waals surface area contributed by atoms with E-state index in [9.17, 15) is 0 Å². The normalized spacial score (nSPS) is 21.3. The van der Waals surface area contributed by atoms with Crippen LogP contribution < -0.4 is 5.32 Å². The number of nitrogens with one attached hydrogen (secondary N) is 1. The molecule has 106 valence electrons. The summed E-state index contributed by atoms with van der Waals surface area (Å²) < 4.78 is 5.64. The van der Waals surface area contributed by atoms with Gasteiger partial charge in [-0.05, 0) is 37.8 Å². The second-order valence-corrected chi connectivity index (χ2v) is 7.75. The Labute approximate surface area is 120 Å². The fraction of sp³-hybridized carbons (Fsp3) is 0.667. The highest BCUT2D eigenvalue weighted by molar-refractivity contribution is 8.14. The number of furan rings is 1. The first-order valence-electron chi connectivity index (χ1n) is 6.87. The van der Waals surface area contributed by atoms with Crippen molar-refractivity contribution in [2.24, 2.45) is 10.4 Å². The van der Waals surface area contributed by atoms with Gasteiger partial charge in [-0.15, -0.1) is 0 Å². The molecule has 3 nitrogen and oxygen atoms in total. The van der Waals surface area contributed by atoms with E-state index in [4.69, 9.17) is 4.42 Å². The molecule has 0 amide bonds. The van der Waals surface area contributed by atoms with Crippen LogP contribution in [0.1, 0.15) is 51.7 Å². The predicted octanol–water partition coefficient (Wildman–Crippen LogP) is 4.15. The first-order chi connectivity index (χ1) is 8.83. The summed E-state index contributed by atoms with van der Waals surface area (Å²) in [7, 11) is 0. The molecule has 0 aliphatic carbocycles. The average molecular weight is 280 g/mol. The first kappa shape index (κ1) is 14.5. The maximum atomic E-state index is 5.64. The van der Waals surface area contributed by atoms with Gasteiger partial charge < -0.3 is 9.73 Å². The molecule has 4 heteroatoms. The van der Waals surface area contributed by atoms with E-state index in [0.717, 1.165) is 23.2 Å². The molecule has 2 heterocycles. The number of hydrogen-bond acceptors (Lipinski definition) is 4. The molecule has 0 saturated heterocycles. The Bertz CT molecular complexity index is 459. The van der Waals surface area contributed by atoms with Crippen LogP contribution in [0.3, 0.4) is 0 Å². The van der Waals surface area contributed by atoms with Crippen LogP contribution in [-0.4, -0.2) is 17.0 Å². The minimum atomic E-state index is 0.174. The summed E-state index contributed by atoms with van der Waals surface area (Å²) in [5.41, 5.74) is 0.367. The van der Waals surface area contributed by atoms with Gasteiger partial charge in [0.15, 0.2) is 5.17 Å². The number of aliphatic imine (C=N–C) groups is 1. The van der Waals surface area contributed by atoms with Crippen LogP contribution in [0.5, 0.6) is 0 Å². The third kappa shape index (κ3) is 4.30. The Balaban J connectivity index is 1.85. The fourth-order valence-corrected chi connectivity index (χ4v) is 3.67. The molecule has 0 spiro atoms. The molecule has 1 N–H and O–H groups in total. The minimum Gasteiger partial charge on any atom is -0.464 e. The molecule has 1 aliphatic heterocycles. The Morgan fingerprint density at radius 3 is 2.79 bits per heavy atom. The SMILES string of the molecule is Cc1ccc(C(C)NC2=NCC(CC(C)(C)C)S2)o1. The van der Waals surface area contributed by atoms with E-state index in [1.54, 1.807) is 0 Å². The molecule has 1 aliphatic rings. The molecule has 2 rings (SSSR count). The summed E-state index contributed by atoms with van der Waals surface area (Å²) in [6.45, 7) is 11.9. The Morgan fingerprint density at radius 1 is 1.47 bits per heavy atom. The summed E-state index contributed by atoms with van der Waals surface area (Å²) in [4.78, 5) is 4.60. The van der Waals surface area contributed by atoms with Gasteiger partial charge in [-0.25, -0.2) is 0 Å². The molecular weight excluding hydrogens is 256 g/mol. The van der Waals surface area contributed by atoms with E-state index in [-0.39, 0.29) is 6.04 Å². The number of thioether (sulfide) groups is 1. The summed E-state index contributed by atoms with van der Waals surface area (Å²) in [6, 6.07) is 4.20. The van der Waals surface area contributed by atoms with Crippen molar-refractivity contribution in [1.29, 1.82) is 0 Å². The van der Waals surface area contributed by atoms with Gasteiger partial charge in [-0.2, -0.15) is 0 Å². The summed E-state index contributed by atoms with van der Waals surface area (Å²) in [5, 5.41) is 5.10. The standard InChI is InChI=1S/C15H24N2OS/c1-10-6-7-13(18-10)11(2)17-14-16-9-12(19-14)8-15(3,4)5/h6-7,11-12H,8-9H2,1-5H3,(H,16,17). The minimum absolute atomic E-state index is 0.174. The lowest BCUT2D eigenvalue weighted by molar-refractivity contribution is 0.375. The van der Waals surface area contributed by atoms with Crippen LogP contribution in [0.15, 0.2) is 21.5 Å². The van der Waals surface area contributed by atoms with E-state index < -0.39 is 0 Å². The Kier molecular flexibility index (Phi) is 4.29. The van der Waals surface area contributed by atoms with Crippen molar-refractivity contribution < 1.29 is 4.42 Å². The van der Waals surface area contributed by atoms with Crippen molar-refractivity contribution in [3.8, 4) is 0 Å². The zero-order chi connectivity index (χ0) is 14.0. The van der Waals surface area contributed by atoms with Crippen LogP contribution in [0, 0.1) is 12.3 Å². The molecule has 0 saturated carbocycles. The lowest BCUT2D eigenvalue weighted by atomic mass is 9.90. The van der Waals surface area contributed by atoms with Gasteiger partial charge in [0, 0.05) is 5.25 Å². The van der Waals surface area contributed by atoms with Crippen molar-refractivity contribution in [3.05, 3.63) is 23.7 Å². The van der Waals surface area contributed by atoms with E-state index in [0.29, 0.717) is 10.7 Å². The molecule has 0 radical (unpaired) electrons. The highest BCUT2D eigenvalue weighted by atomic mass is 32.2. The third-order valence-electron chi connectivity index (χ3n) is 3.08. The van der Waals surface area contributed by atoms with E-state index >= 15 is 0 Å². The van der Waals surface area contributed by atoms with Crippen molar-refractivity contribution in [2.45, 2.75) is 52.3 Å². The Morgan fingerprint density at radius 2 is 2.21 bits per heavy atom. The van der Waals surface area contributed by atoms with Crippen molar-refractivity contribution >= 4 is 16.9 Å². The number of amidine groups is 1. The highest BCUT2D eigenvalue weighted by Crippen LogP contribution is 2.32. The average Bonchev–Trinajstić information content (AvgIpc) is 2.85. The molecular formula is C15H24N2OS. The van der Waals surface area contributed by atoms with Gasteiger partial charge in [0.1, 0.15) is 11.5 Å².